The number of carbonyl (C=O) groups excluding carboxylic acids is 1. The SMILES string of the molecule is CC(CN1CCN(c2ccc(C(F)(F)F)cc2)CC1)C(=O)N1CCC(Nc2ccc(N)c(C(F)(F)F)c2)CC1. The largest absolute Gasteiger partial charge is 0.418 e. The molecule has 1 unspecified atom stereocenters. The number of carbonyl (C=O) groups is 1. The summed E-state index contributed by atoms with van der Waals surface area (Å²) >= 11 is 0. The lowest BCUT2D eigenvalue weighted by Crippen LogP contribution is -2.50. The number of piperidine rings is 1. The molecule has 0 aromatic heterocycles. The highest BCUT2D eigenvalue weighted by Crippen LogP contribution is 2.35. The average molecular weight is 558 g/mol. The molecule has 2 heterocycles. The van der Waals surface area contributed by atoms with E-state index >= 15 is 0 Å². The Bertz CT molecular complexity index is 1120. The van der Waals surface area contributed by atoms with Gasteiger partial charge in [-0.2, -0.15) is 26.3 Å². The molecule has 2 aliphatic rings. The van der Waals surface area contributed by atoms with Crippen LogP contribution in [0.1, 0.15) is 30.9 Å². The van der Waals surface area contributed by atoms with Crippen LogP contribution in [0, 0.1) is 5.92 Å². The molecular formula is C27H33F6N5O. The van der Waals surface area contributed by atoms with Gasteiger partial charge >= 0.3 is 12.4 Å². The van der Waals surface area contributed by atoms with E-state index in [1.165, 1.54) is 24.3 Å². The van der Waals surface area contributed by atoms with Crippen LogP contribution in [-0.4, -0.2) is 67.6 Å². The summed E-state index contributed by atoms with van der Waals surface area (Å²) in [6.07, 6.45) is -7.64. The number of hydrogen-bond acceptors (Lipinski definition) is 5. The normalized spacial score (nSPS) is 18.7. The van der Waals surface area contributed by atoms with Crippen molar-refractivity contribution in [2.75, 3.05) is 61.8 Å². The summed E-state index contributed by atoms with van der Waals surface area (Å²) in [5.41, 5.74) is 4.72. The Labute approximate surface area is 223 Å². The Balaban J connectivity index is 1.21. The van der Waals surface area contributed by atoms with Crippen LogP contribution in [0.3, 0.4) is 0 Å². The Morgan fingerprint density at radius 3 is 2.10 bits per heavy atom. The fraction of sp³-hybridized carbons (Fsp3) is 0.519. The van der Waals surface area contributed by atoms with Crippen LogP contribution in [0.15, 0.2) is 42.5 Å². The molecule has 0 spiro atoms. The maximum atomic E-state index is 13.1. The number of anilines is 3. The third-order valence-corrected chi connectivity index (χ3v) is 7.42. The fourth-order valence-electron chi connectivity index (χ4n) is 5.20. The smallest absolute Gasteiger partial charge is 0.398 e. The molecule has 0 bridgehead atoms. The van der Waals surface area contributed by atoms with E-state index in [9.17, 15) is 31.1 Å². The zero-order chi connectivity index (χ0) is 28.4. The molecule has 0 saturated carbocycles. The molecule has 39 heavy (non-hydrogen) atoms. The quantitative estimate of drug-likeness (QED) is 0.379. The highest BCUT2D eigenvalue weighted by Gasteiger charge is 2.34. The monoisotopic (exact) mass is 557 g/mol. The van der Waals surface area contributed by atoms with Gasteiger partial charge in [-0.1, -0.05) is 6.92 Å². The summed E-state index contributed by atoms with van der Waals surface area (Å²) in [5, 5.41) is 3.14. The van der Waals surface area contributed by atoms with E-state index in [1.807, 2.05) is 16.7 Å². The highest BCUT2D eigenvalue weighted by molar-refractivity contribution is 5.78. The second-order valence-corrected chi connectivity index (χ2v) is 10.3. The molecule has 2 saturated heterocycles. The highest BCUT2D eigenvalue weighted by atomic mass is 19.4. The van der Waals surface area contributed by atoms with Crippen molar-refractivity contribution in [2.24, 2.45) is 5.92 Å². The minimum Gasteiger partial charge on any atom is -0.398 e. The van der Waals surface area contributed by atoms with Gasteiger partial charge in [0.2, 0.25) is 5.91 Å². The van der Waals surface area contributed by atoms with E-state index in [2.05, 4.69) is 10.2 Å². The first kappa shape index (κ1) is 28.8. The summed E-state index contributed by atoms with van der Waals surface area (Å²) in [7, 11) is 0. The zero-order valence-electron chi connectivity index (χ0n) is 21.7. The van der Waals surface area contributed by atoms with Gasteiger partial charge in [0.1, 0.15) is 0 Å². The summed E-state index contributed by atoms with van der Waals surface area (Å²) < 4.78 is 77.9. The number of piperazine rings is 1. The first-order valence-corrected chi connectivity index (χ1v) is 13.0. The lowest BCUT2D eigenvalue weighted by Gasteiger charge is -2.38. The third kappa shape index (κ3) is 7.28. The number of nitrogens with zero attached hydrogens (tertiary/aromatic N) is 3. The molecule has 0 radical (unpaired) electrons. The van der Waals surface area contributed by atoms with Gasteiger partial charge in [-0.3, -0.25) is 9.69 Å². The van der Waals surface area contributed by atoms with Gasteiger partial charge in [0.05, 0.1) is 11.1 Å². The van der Waals surface area contributed by atoms with Crippen molar-refractivity contribution < 1.29 is 31.1 Å². The number of rotatable bonds is 6. The molecule has 2 aromatic carbocycles. The van der Waals surface area contributed by atoms with Gasteiger partial charge in [0.15, 0.2) is 0 Å². The summed E-state index contributed by atoms with van der Waals surface area (Å²) in [4.78, 5) is 19.1. The van der Waals surface area contributed by atoms with E-state index < -0.39 is 23.5 Å². The molecule has 12 heteroatoms. The zero-order valence-corrected chi connectivity index (χ0v) is 21.7. The van der Waals surface area contributed by atoms with Crippen LogP contribution in [0.25, 0.3) is 0 Å². The van der Waals surface area contributed by atoms with Gasteiger partial charge < -0.3 is 20.9 Å². The molecule has 1 atom stereocenters. The van der Waals surface area contributed by atoms with Gasteiger partial charge in [0, 0.05) is 74.8 Å². The molecule has 2 aromatic rings. The average Bonchev–Trinajstić information content (AvgIpc) is 2.89. The number of nitrogens with one attached hydrogen (secondary N) is 1. The Kier molecular flexibility index (Phi) is 8.53. The van der Waals surface area contributed by atoms with Crippen molar-refractivity contribution >= 4 is 23.0 Å². The van der Waals surface area contributed by atoms with E-state index in [0.717, 1.165) is 23.9 Å². The Morgan fingerprint density at radius 1 is 0.923 bits per heavy atom. The predicted molar refractivity (Wildman–Crippen MR) is 138 cm³/mol. The van der Waals surface area contributed by atoms with E-state index in [0.29, 0.717) is 64.3 Å². The molecule has 4 rings (SSSR count). The number of alkyl halides is 6. The molecule has 3 N–H and O–H groups in total. The summed E-state index contributed by atoms with van der Waals surface area (Å²) in [6.45, 7) is 6.23. The molecule has 0 aliphatic carbocycles. The Morgan fingerprint density at radius 2 is 1.54 bits per heavy atom. The van der Waals surface area contributed by atoms with Crippen molar-refractivity contribution in [3.8, 4) is 0 Å². The molecule has 2 fully saturated rings. The number of amides is 1. The lowest BCUT2D eigenvalue weighted by molar-refractivity contribution is -0.138. The van der Waals surface area contributed by atoms with Crippen molar-refractivity contribution in [3.63, 3.8) is 0 Å². The van der Waals surface area contributed by atoms with Crippen molar-refractivity contribution in [1.82, 2.24) is 9.80 Å². The molecule has 6 nitrogen and oxygen atoms in total. The molecule has 214 valence electrons. The van der Waals surface area contributed by atoms with Crippen molar-refractivity contribution in [1.29, 1.82) is 0 Å². The maximum absolute atomic E-state index is 13.1. The van der Waals surface area contributed by atoms with Crippen LogP contribution in [0.5, 0.6) is 0 Å². The van der Waals surface area contributed by atoms with Crippen LogP contribution in [0.4, 0.5) is 43.4 Å². The van der Waals surface area contributed by atoms with Crippen LogP contribution in [-0.2, 0) is 17.1 Å². The fourth-order valence-corrected chi connectivity index (χ4v) is 5.20. The number of hydrogen-bond donors (Lipinski definition) is 2. The lowest BCUT2D eigenvalue weighted by atomic mass is 10.0. The number of likely N-dealkylation sites (tertiary alicyclic amines) is 1. The second-order valence-electron chi connectivity index (χ2n) is 10.3. The first-order valence-electron chi connectivity index (χ1n) is 13.0. The van der Waals surface area contributed by atoms with Gasteiger partial charge in [-0.15, -0.1) is 0 Å². The summed E-state index contributed by atoms with van der Waals surface area (Å²) in [6, 6.07) is 8.92. The van der Waals surface area contributed by atoms with Gasteiger partial charge in [-0.05, 0) is 55.3 Å². The standard InChI is InChI=1S/C27H33F6N5O/c1-18(17-36-12-14-37(15-13-36)22-5-2-19(3-6-22)26(28,29)30)25(39)38-10-8-20(9-11-38)35-21-4-7-24(34)23(16-21)27(31,32)33/h2-7,16,18,20,35H,8-15,17,34H2,1H3. The maximum Gasteiger partial charge on any atom is 0.418 e. The van der Waals surface area contributed by atoms with Crippen LogP contribution < -0.4 is 16.0 Å². The van der Waals surface area contributed by atoms with Crippen molar-refractivity contribution in [3.05, 3.63) is 53.6 Å². The number of benzene rings is 2. The first-order chi connectivity index (χ1) is 18.3. The number of nitrogens with two attached hydrogens (primary N) is 1. The van der Waals surface area contributed by atoms with E-state index in [4.69, 9.17) is 5.73 Å². The number of halogens is 6. The predicted octanol–water partition coefficient (Wildman–Crippen LogP) is 5.17. The topological polar surface area (TPSA) is 64.8 Å². The summed E-state index contributed by atoms with van der Waals surface area (Å²) in [5.74, 6) is -0.177. The molecular weight excluding hydrogens is 524 g/mol. The third-order valence-electron chi connectivity index (χ3n) is 7.42. The molecule has 2 aliphatic heterocycles. The minimum atomic E-state index is -4.53. The second kappa shape index (κ2) is 11.5. The van der Waals surface area contributed by atoms with Crippen LogP contribution >= 0.6 is 0 Å². The van der Waals surface area contributed by atoms with Crippen molar-refractivity contribution in [2.45, 2.75) is 38.2 Å². The van der Waals surface area contributed by atoms with Gasteiger partial charge in [-0.25, -0.2) is 0 Å². The van der Waals surface area contributed by atoms with E-state index in [1.54, 1.807) is 0 Å². The van der Waals surface area contributed by atoms with Crippen LogP contribution in [0.2, 0.25) is 0 Å². The van der Waals surface area contributed by atoms with E-state index in [-0.39, 0.29) is 23.6 Å². The number of nitrogen functional groups attached to an aromatic ring is 1. The minimum absolute atomic E-state index is 0.0467. The van der Waals surface area contributed by atoms with Gasteiger partial charge in [0.25, 0.3) is 0 Å². The Hall–Kier alpha value is -3.15. The molecule has 1 amide bonds.